The predicted molar refractivity (Wildman–Crippen MR) is 68.0 cm³/mol. The Morgan fingerprint density at radius 2 is 2.12 bits per heavy atom. The van der Waals surface area contributed by atoms with Gasteiger partial charge in [0.05, 0.1) is 5.92 Å². The second kappa shape index (κ2) is 7.70. The first-order valence-corrected chi connectivity index (χ1v) is 6.90. The molecule has 0 spiro atoms. The molecule has 1 rings (SSSR count). The molecular weight excluding hydrogens is 216 g/mol. The fourth-order valence-corrected chi connectivity index (χ4v) is 3.03. The first-order valence-electron chi connectivity index (χ1n) is 6.90. The van der Waals surface area contributed by atoms with E-state index >= 15 is 0 Å². The number of ether oxygens (including phenoxy) is 1. The van der Waals surface area contributed by atoms with Crippen molar-refractivity contribution in [3.05, 3.63) is 0 Å². The van der Waals surface area contributed by atoms with Crippen molar-refractivity contribution in [2.24, 2.45) is 17.8 Å². The molecule has 1 N–H and O–H groups in total. The molecule has 0 aromatic heterocycles. The molecule has 0 saturated heterocycles. The van der Waals surface area contributed by atoms with E-state index in [0.29, 0.717) is 5.92 Å². The number of hydrogen-bond donors (Lipinski definition) is 1. The predicted octanol–water partition coefficient (Wildman–Crippen LogP) is 3.33. The fourth-order valence-electron chi connectivity index (χ4n) is 3.03. The number of rotatable bonds is 7. The molecule has 1 aliphatic carbocycles. The van der Waals surface area contributed by atoms with Gasteiger partial charge in [-0.1, -0.05) is 19.8 Å². The molecule has 0 amide bonds. The molecule has 1 fully saturated rings. The van der Waals surface area contributed by atoms with Gasteiger partial charge < -0.3 is 9.84 Å². The smallest absolute Gasteiger partial charge is 0.306 e. The molecule has 1 saturated carbocycles. The summed E-state index contributed by atoms with van der Waals surface area (Å²) in [5, 5.41) is 9.25. The van der Waals surface area contributed by atoms with Gasteiger partial charge in [-0.3, -0.25) is 4.79 Å². The maximum absolute atomic E-state index is 11.2. The number of carboxylic acids is 1. The van der Waals surface area contributed by atoms with Gasteiger partial charge in [-0.2, -0.15) is 0 Å². The van der Waals surface area contributed by atoms with Crippen LogP contribution in [0, 0.1) is 17.8 Å². The van der Waals surface area contributed by atoms with E-state index in [1.54, 1.807) is 7.11 Å². The van der Waals surface area contributed by atoms with Crippen LogP contribution in [0.1, 0.15) is 51.9 Å². The molecule has 100 valence electrons. The van der Waals surface area contributed by atoms with Crippen LogP contribution in [0.15, 0.2) is 0 Å². The summed E-state index contributed by atoms with van der Waals surface area (Å²) < 4.78 is 5.03. The fraction of sp³-hybridized carbons (Fsp3) is 0.929. The highest BCUT2D eigenvalue weighted by Crippen LogP contribution is 2.38. The number of hydrogen-bond acceptors (Lipinski definition) is 2. The summed E-state index contributed by atoms with van der Waals surface area (Å²) in [6, 6.07) is 0. The van der Waals surface area contributed by atoms with Crippen molar-refractivity contribution in [3.8, 4) is 0 Å². The third kappa shape index (κ3) is 4.66. The topological polar surface area (TPSA) is 46.5 Å². The van der Waals surface area contributed by atoms with Gasteiger partial charge in [0.15, 0.2) is 0 Å². The van der Waals surface area contributed by atoms with E-state index in [1.807, 2.05) is 0 Å². The Balaban J connectivity index is 2.40. The minimum absolute atomic E-state index is 0.0969. The standard InChI is InChI=1S/C14H26O3/c1-3-11-7-8-13(14(15)16)12(10-11)6-4-5-9-17-2/h11-13H,3-10H2,1-2H3,(H,15,16). The minimum Gasteiger partial charge on any atom is -0.481 e. The molecule has 17 heavy (non-hydrogen) atoms. The zero-order chi connectivity index (χ0) is 12.7. The highest BCUT2D eigenvalue weighted by atomic mass is 16.5. The van der Waals surface area contributed by atoms with Crippen molar-refractivity contribution in [1.82, 2.24) is 0 Å². The SMILES string of the molecule is CCC1CCC(C(=O)O)C(CCCCOC)C1. The lowest BCUT2D eigenvalue weighted by molar-refractivity contribution is -0.145. The van der Waals surface area contributed by atoms with E-state index in [0.717, 1.165) is 51.0 Å². The quantitative estimate of drug-likeness (QED) is 0.696. The van der Waals surface area contributed by atoms with Crippen molar-refractivity contribution in [1.29, 1.82) is 0 Å². The maximum Gasteiger partial charge on any atom is 0.306 e. The van der Waals surface area contributed by atoms with E-state index < -0.39 is 5.97 Å². The number of unbranched alkanes of at least 4 members (excludes halogenated alkanes) is 1. The normalized spacial score (nSPS) is 29.2. The van der Waals surface area contributed by atoms with Gasteiger partial charge in [0, 0.05) is 13.7 Å². The van der Waals surface area contributed by atoms with Crippen LogP contribution in [0.3, 0.4) is 0 Å². The van der Waals surface area contributed by atoms with Gasteiger partial charge >= 0.3 is 5.97 Å². The molecular formula is C14H26O3. The summed E-state index contributed by atoms with van der Waals surface area (Å²) >= 11 is 0. The summed E-state index contributed by atoms with van der Waals surface area (Å²) in [7, 11) is 1.72. The number of methoxy groups -OCH3 is 1. The van der Waals surface area contributed by atoms with Crippen LogP contribution in [0.4, 0.5) is 0 Å². The van der Waals surface area contributed by atoms with Crippen LogP contribution >= 0.6 is 0 Å². The number of aliphatic carboxylic acids is 1. The van der Waals surface area contributed by atoms with Crippen LogP contribution in [0.5, 0.6) is 0 Å². The Kier molecular flexibility index (Phi) is 6.56. The lowest BCUT2D eigenvalue weighted by Crippen LogP contribution is -2.30. The molecule has 0 heterocycles. The molecule has 0 bridgehead atoms. The molecule has 0 aromatic carbocycles. The van der Waals surface area contributed by atoms with E-state index in [9.17, 15) is 9.90 Å². The van der Waals surface area contributed by atoms with E-state index in [1.165, 1.54) is 6.42 Å². The number of carbonyl (C=O) groups is 1. The third-order valence-electron chi connectivity index (χ3n) is 4.16. The Morgan fingerprint density at radius 3 is 2.71 bits per heavy atom. The average Bonchev–Trinajstić information content (AvgIpc) is 2.34. The van der Waals surface area contributed by atoms with E-state index in [-0.39, 0.29) is 5.92 Å². The summed E-state index contributed by atoms with van der Waals surface area (Å²) in [5.74, 6) is 0.456. The molecule has 3 nitrogen and oxygen atoms in total. The molecule has 0 aromatic rings. The zero-order valence-corrected chi connectivity index (χ0v) is 11.2. The van der Waals surface area contributed by atoms with Gasteiger partial charge in [-0.05, 0) is 43.9 Å². The van der Waals surface area contributed by atoms with Gasteiger partial charge in [0.2, 0.25) is 0 Å². The third-order valence-corrected chi connectivity index (χ3v) is 4.16. The number of carboxylic acid groups (broad SMARTS) is 1. The van der Waals surface area contributed by atoms with Gasteiger partial charge in [0.25, 0.3) is 0 Å². The lowest BCUT2D eigenvalue weighted by atomic mass is 9.71. The van der Waals surface area contributed by atoms with Crippen molar-refractivity contribution in [3.63, 3.8) is 0 Å². The van der Waals surface area contributed by atoms with Crippen molar-refractivity contribution >= 4 is 5.97 Å². The van der Waals surface area contributed by atoms with Gasteiger partial charge in [0.1, 0.15) is 0 Å². The van der Waals surface area contributed by atoms with Crippen LogP contribution in [0.2, 0.25) is 0 Å². The minimum atomic E-state index is -0.587. The van der Waals surface area contributed by atoms with Crippen LogP contribution < -0.4 is 0 Å². The van der Waals surface area contributed by atoms with E-state index in [2.05, 4.69) is 6.92 Å². The molecule has 3 unspecified atom stereocenters. The van der Waals surface area contributed by atoms with Crippen molar-refractivity contribution in [2.75, 3.05) is 13.7 Å². The molecule has 3 heteroatoms. The highest BCUT2D eigenvalue weighted by molar-refractivity contribution is 5.70. The van der Waals surface area contributed by atoms with Crippen molar-refractivity contribution in [2.45, 2.75) is 51.9 Å². The van der Waals surface area contributed by atoms with E-state index in [4.69, 9.17) is 4.74 Å². The first kappa shape index (κ1) is 14.5. The molecule has 0 aliphatic heterocycles. The second-order valence-corrected chi connectivity index (χ2v) is 5.28. The Labute approximate surface area is 105 Å². The van der Waals surface area contributed by atoms with Crippen LogP contribution in [0.25, 0.3) is 0 Å². The zero-order valence-electron chi connectivity index (χ0n) is 11.2. The first-order chi connectivity index (χ1) is 8.19. The molecule has 3 atom stereocenters. The average molecular weight is 242 g/mol. The summed E-state index contributed by atoms with van der Waals surface area (Å²) in [5.41, 5.74) is 0. The summed E-state index contributed by atoms with van der Waals surface area (Å²) in [6.45, 7) is 3.01. The van der Waals surface area contributed by atoms with Gasteiger partial charge in [-0.15, -0.1) is 0 Å². The van der Waals surface area contributed by atoms with Crippen molar-refractivity contribution < 1.29 is 14.6 Å². The van der Waals surface area contributed by atoms with Crippen LogP contribution in [-0.4, -0.2) is 24.8 Å². The molecule has 1 aliphatic rings. The largest absolute Gasteiger partial charge is 0.481 e. The van der Waals surface area contributed by atoms with Gasteiger partial charge in [-0.25, -0.2) is 0 Å². The monoisotopic (exact) mass is 242 g/mol. The summed E-state index contributed by atoms with van der Waals surface area (Å²) in [6.07, 6.45) is 7.48. The van der Waals surface area contributed by atoms with Crippen LogP contribution in [-0.2, 0) is 9.53 Å². The lowest BCUT2D eigenvalue weighted by Gasteiger charge is -2.33. The maximum atomic E-state index is 11.2. The molecule has 0 radical (unpaired) electrons. The second-order valence-electron chi connectivity index (χ2n) is 5.28. The summed E-state index contributed by atoms with van der Waals surface area (Å²) in [4.78, 5) is 11.2. The Hall–Kier alpha value is -0.570. The highest BCUT2D eigenvalue weighted by Gasteiger charge is 2.33. The Bertz CT molecular complexity index is 228. The Morgan fingerprint density at radius 1 is 1.35 bits per heavy atom.